The first kappa shape index (κ1) is 12.5. The summed E-state index contributed by atoms with van der Waals surface area (Å²) in [6, 6.07) is 0.724. The van der Waals surface area contributed by atoms with Crippen molar-refractivity contribution in [3.05, 3.63) is 28.8 Å². The average Bonchev–Trinajstić information content (AvgIpc) is 2.20. The van der Waals surface area contributed by atoms with Crippen LogP contribution in [0.3, 0.4) is 0 Å². The summed E-state index contributed by atoms with van der Waals surface area (Å²) < 4.78 is 42.3. The number of carbonyl (C=O) groups excluding carboxylic acids is 1. The van der Waals surface area contributed by atoms with E-state index in [2.05, 4.69) is 9.72 Å². The van der Waals surface area contributed by atoms with E-state index >= 15 is 0 Å². The van der Waals surface area contributed by atoms with Gasteiger partial charge in [-0.2, -0.15) is 0 Å². The van der Waals surface area contributed by atoms with Gasteiger partial charge in [-0.1, -0.05) is 0 Å². The van der Waals surface area contributed by atoms with E-state index in [0.29, 0.717) is 0 Å². The SMILES string of the molecule is CCOC(=O)c1cc(F)c(C(F)F)nc1C. The van der Waals surface area contributed by atoms with Crippen molar-refractivity contribution in [1.82, 2.24) is 4.98 Å². The van der Waals surface area contributed by atoms with Crippen LogP contribution in [0.2, 0.25) is 0 Å². The summed E-state index contributed by atoms with van der Waals surface area (Å²) in [6.45, 7) is 3.05. The molecule has 0 amide bonds. The van der Waals surface area contributed by atoms with Gasteiger partial charge in [0.1, 0.15) is 5.69 Å². The molecule has 1 heterocycles. The Morgan fingerprint density at radius 2 is 2.19 bits per heavy atom. The fourth-order valence-electron chi connectivity index (χ4n) is 1.17. The number of ether oxygens (including phenoxy) is 1. The first-order valence-electron chi connectivity index (χ1n) is 4.59. The topological polar surface area (TPSA) is 39.2 Å². The van der Waals surface area contributed by atoms with Crippen LogP contribution in [0.5, 0.6) is 0 Å². The van der Waals surface area contributed by atoms with Gasteiger partial charge >= 0.3 is 5.97 Å². The second-order valence-electron chi connectivity index (χ2n) is 3.01. The van der Waals surface area contributed by atoms with Gasteiger partial charge in [-0.25, -0.2) is 22.9 Å². The van der Waals surface area contributed by atoms with Crippen molar-refractivity contribution < 1.29 is 22.7 Å². The zero-order valence-corrected chi connectivity index (χ0v) is 8.76. The molecule has 0 N–H and O–H groups in total. The highest BCUT2D eigenvalue weighted by molar-refractivity contribution is 5.90. The maximum absolute atomic E-state index is 13.1. The maximum Gasteiger partial charge on any atom is 0.340 e. The maximum atomic E-state index is 13.1. The lowest BCUT2D eigenvalue weighted by Gasteiger charge is -2.07. The molecular weight excluding hydrogens is 223 g/mol. The number of aryl methyl sites for hydroxylation is 1. The molecule has 0 radical (unpaired) electrons. The molecule has 3 nitrogen and oxygen atoms in total. The molecule has 0 aromatic carbocycles. The number of alkyl halides is 2. The minimum Gasteiger partial charge on any atom is -0.462 e. The summed E-state index contributed by atoms with van der Waals surface area (Å²) in [4.78, 5) is 14.6. The van der Waals surface area contributed by atoms with Gasteiger partial charge in [0.2, 0.25) is 0 Å². The summed E-state index contributed by atoms with van der Waals surface area (Å²) in [5, 5.41) is 0. The van der Waals surface area contributed by atoms with Gasteiger partial charge in [-0.3, -0.25) is 0 Å². The molecular formula is C10H10F3NO2. The van der Waals surface area contributed by atoms with E-state index in [1.165, 1.54) is 6.92 Å². The zero-order chi connectivity index (χ0) is 12.3. The van der Waals surface area contributed by atoms with Crippen LogP contribution in [-0.2, 0) is 4.74 Å². The van der Waals surface area contributed by atoms with E-state index in [9.17, 15) is 18.0 Å². The highest BCUT2D eigenvalue weighted by Gasteiger charge is 2.20. The third kappa shape index (κ3) is 2.50. The third-order valence-corrected chi connectivity index (χ3v) is 1.90. The summed E-state index contributed by atoms with van der Waals surface area (Å²) in [5.74, 6) is -1.98. The highest BCUT2D eigenvalue weighted by atomic mass is 19.3. The molecule has 0 atom stereocenters. The van der Waals surface area contributed by atoms with Crippen molar-refractivity contribution >= 4 is 5.97 Å². The van der Waals surface area contributed by atoms with Crippen molar-refractivity contribution in [3.8, 4) is 0 Å². The number of pyridine rings is 1. The fraction of sp³-hybridized carbons (Fsp3) is 0.400. The van der Waals surface area contributed by atoms with Crippen molar-refractivity contribution in [2.75, 3.05) is 6.61 Å². The molecule has 0 saturated carbocycles. The molecule has 0 aliphatic rings. The largest absolute Gasteiger partial charge is 0.462 e. The average molecular weight is 233 g/mol. The molecule has 0 bridgehead atoms. The van der Waals surface area contributed by atoms with Crippen molar-refractivity contribution in [2.45, 2.75) is 20.3 Å². The molecule has 1 aromatic rings. The predicted octanol–water partition coefficient (Wildman–Crippen LogP) is 2.64. The molecule has 1 aromatic heterocycles. The molecule has 16 heavy (non-hydrogen) atoms. The molecule has 88 valence electrons. The van der Waals surface area contributed by atoms with Gasteiger partial charge < -0.3 is 4.74 Å². The number of nitrogens with zero attached hydrogens (tertiary/aromatic N) is 1. The standard InChI is InChI=1S/C10H10F3NO2/c1-3-16-10(15)6-4-7(11)8(9(12)13)14-5(6)2/h4,9H,3H2,1-2H3. The molecule has 0 aliphatic carbocycles. The van der Waals surface area contributed by atoms with Crippen LogP contribution < -0.4 is 0 Å². The first-order chi connectivity index (χ1) is 7.47. The Hall–Kier alpha value is -1.59. The number of carbonyl (C=O) groups is 1. The molecule has 0 unspecified atom stereocenters. The van der Waals surface area contributed by atoms with Gasteiger partial charge in [0, 0.05) is 0 Å². The summed E-state index contributed by atoms with van der Waals surface area (Å²) in [7, 11) is 0. The molecule has 0 aliphatic heterocycles. The Balaban J connectivity index is 3.15. The monoisotopic (exact) mass is 233 g/mol. The molecule has 0 saturated heterocycles. The van der Waals surface area contributed by atoms with Gasteiger partial charge in [0.25, 0.3) is 6.43 Å². The van der Waals surface area contributed by atoms with Crippen molar-refractivity contribution in [2.24, 2.45) is 0 Å². The predicted molar refractivity (Wildman–Crippen MR) is 49.8 cm³/mol. The number of halogens is 3. The fourth-order valence-corrected chi connectivity index (χ4v) is 1.17. The molecule has 6 heteroatoms. The van der Waals surface area contributed by atoms with Crippen LogP contribution in [0.4, 0.5) is 13.2 Å². The third-order valence-electron chi connectivity index (χ3n) is 1.90. The Kier molecular flexibility index (Phi) is 3.87. The smallest absolute Gasteiger partial charge is 0.340 e. The highest BCUT2D eigenvalue weighted by Crippen LogP contribution is 2.22. The Morgan fingerprint density at radius 1 is 1.56 bits per heavy atom. The normalized spacial score (nSPS) is 10.6. The van der Waals surface area contributed by atoms with E-state index in [1.54, 1.807) is 6.92 Å². The number of hydrogen-bond donors (Lipinski definition) is 0. The van der Waals surface area contributed by atoms with Gasteiger partial charge in [0.05, 0.1) is 17.9 Å². The van der Waals surface area contributed by atoms with E-state index in [-0.39, 0.29) is 17.9 Å². The Morgan fingerprint density at radius 3 is 2.69 bits per heavy atom. The van der Waals surface area contributed by atoms with Crippen LogP contribution >= 0.6 is 0 Å². The van der Waals surface area contributed by atoms with Crippen LogP contribution in [-0.4, -0.2) is 17.6 Å². The number of aromatic nitrogens is 1. The lowest BCUT2D eigenvalue weighted by atomic mass is 10.2. The molecule has 0 spiro atoms. The van der Waals surface area contributed by atoms with Gasteiger partial charge in [-0.15, -0.1) is 0 Å². The molecule has 1 rings (SSSR count). The van der Waals surface area contributed by atoms with Gasteiger partial charge in [-0.05, 0) is 19.9 Å². The number of rotatable bonds is 3. The lowest BCUT2D eigenvalue weighted by molar-refractivity contribution is 0.0523. The van der Waals surface area contributed by atoms with E-state index in [1.807, 2.05) is 0 Å². The number of hydrogen-bond acceptors (Lipinski definition) is 3. The van der Waals surface area contributed by atoms with E-state index in [0.717, 1.165) is 6.07 Å². The number of esters is 1. The first-order valence-corrected chi connectivity index (χ1v) is 4.59. The van der Waals surface area contributed by atoms with Crippen LogP contribution in [0.15, 0.2) is 6.07 Å². The molecule has 0 fully saturated rings. The van der Waals surface area contributed by atoms with Crippen LogP contribution in [0.25, 0.3) is 0 Å². The quantitative estimate of drug-likeness (QED) is 0.753. The Labute approximate surface area is 90.2 Å². The van der Waals surface area contributed by atoms with Crippen molar-refractivity contribution in [3.63, 3.8) is 0 Å². The summed E-state index contributed by atoms with van der Waals surface area (Å²) in [5.41, 5.74) is -1.07. The van der Waals surface area contributed by atoms with E-state index in [4.69, 9.17) is 0 Å². The Bertz CT molecular complexity index is 407. The van der Waals surface area contributed by atoms with E-state index < -0.39 is 23.9 Å². The van der Waals surface area contributed by atoms with Crippen LogP contribution in [0, 0.1) is 12.7 Å². The second-order valence-corrected chi connectivity index (χ2v) is 3.01. The minimum absolute atomic E-state index is 0.0233. The lowest BCUT2D eigenvalue weighted by Crippen LogP contribution is -2.10. The minimum atomic E-state index is -3.00. The van der Waals surface area contributed by atoms with Gasteiger partial charge in [0.15, 0.2) is 5.82 Å². The summed E-state index contributed by atoms with van der Waals surface area (Å²) in [6.07, 6.45) is -3.00. The summed E-state index contributed by atoms with van der Waals surface area (Å²) >= 11 is 0. The second kappa shape index (κ2) is 4.96. The van der Waals surface area contributed by atoms with Crippen molar-refractivity contribution in [1.29, 1.82) is 0 Å². The zero-order valence-electron chi connectivity index (χ0n) is 8.76. The van der Waals surface area contributed by atoms with Crippen LogP contribution in [0.1, 0.15) is 35.1 Å².